The van der Waals surface area contributed by atoms with Crippen molar-refractivity contribution in [3.05, 3.63) is 80.5 Å². The van der Waals surface area contributed by atoms with E-state index in [1.54, 1.807) is 30.4 Å². The summed E-state index contributed by atoms with van der Waals surface area (Å²) in [5.74, 6) is -0.0149. The summed E-state index contributed by atoms with van der Waals surface area (Å²) in [6, 6.07) is 15.1. The molecule has 0 unspecified atom stereocenters. The number of Topliss-reactive ketones (excluding diaryl/α,β-unsaturated/α-hetero) is 1. The van der Waals surface area contributed by atoms with E-state index in [1.165, 1.54) is 0 Å². The third-order valence-electron chi connectivity index (χ3n) is 4.56. The summed E-state index contributed by atoms with van der Waals surface area (Å²) in [6.07, 6.45) is 0. The normalized spacial score (nSPS) is 11.2. The van der Waals surface area contributed by atoms with Gasteiger partial charge in [-0.3, -0.25) is 4.79 Å². The van der Waals surface area contributed by atoms with Crippen LogP contribution in [0, 0.1) is 6.92 Å². The Hall–Kier alpha value is -2.92. The van der Waals surface area contributed by atoms with E-state index in [1.807, 2.05) is 53.3 Å². The number of hydrogen-bond donors (Lipinski definition) is 0. The van der Waals surface area contributed by atoms with Gasteiger partial charge in [0.25, 0.3) is 0 Å². The Morgan fingerprint density at radius 2 is 1.96 bits per heavy atom. The lowest BCUT2D eigenvalue weighted by Gasteiger charge is -2.11. The number of rotatable bonds is 4. The molecule has 0 aliphatic rings. The molecule has 0 spiro atoms. The smallest absolute Gasteiger partial charge is 0.345 e. The molecule has 0 bridgehead atoms. The molecule has 4 nitrogen and oxygen atoms in total. The molecule has 1 aromatic carbocycles. The minimum atomic E-state index is -0.399. The maximum Gasteiger partial charge on any atom is 0.345 e. The first-order valence-corrected chi connectivity index (χ1v) is 9.19. The summed E-state index contributed by atoms with van der Waals surface area (Å²) in [6.45, 7) is 4.07. The minimum Gasteiger partial charge on any atom is -0.422 e. The van der Waals surface area contributed by atoms with E-state index in [9.17, 15) is 9.59 Å². The molecule has 4 aromatic rings. The van der Waals surface area contributed by atoms with Gasteiger partial charge in [0.15, 0.2) is 5.78 Å². The van der Waals surface area contributed by atoms with Crippen molar-refractivity contribution in [3.63, 3.8) is 0 Å². The second-order valence-corrected chi connectivity index (χ2v) is 7.27. The molecule has 4 rings (SSSR count). The molecule has 0 aliphatic heterocycles. The van der Waals surface area contributed by atoms with Crippen LogP contribution in [0.15, 0.2) is 63.1 Å². The molecule has 3 aromatic heterocycles. The van der Waals surface area contributed by atoms with Crippen molar-refractivity contribution in [3.8, 4) is 11.3 Å². The van der Waals surface area contributed by atoms with Gasteiger partial charge in [-0.25, -0.2) is 4.79 Å². The van der Waals surface area contributed by atoms with Gasteiger partial charge in [0, 0.05) is 21.5 Å². The number of hydrogen-bond acceptors (Lipinski definition) is 4. The molecule has 0 atom stereocenters. The standard InChI is InChI=1S/C21H17NO3S/c1-13-17(14(2)23)11-19(22(13)12-16-7-5-9-26-16)18-10-15-6-3-4-8-20(15)25-21(18)24/h3-11H,12H2,1-2H3. The second kappa shape index (κ2) is 6.42. The van der Waals surface area contributed by atoms with E-state index < -0.39 is 5.63 Å². The van der Waals surface area contributed by atoms with Crippen LogP contribution in [-0.4, -0.2) is 10.4 Å². The van der Waals surface area contributed by atoms with Crippen LogP contribution in [0.5, 0.6) is 0 Å². The summed E-state index contributed by atoms with van der Waals surface area (Å²) in [5.41, 5.74) is 2.82. The van der Waals surface area contributed by atoms with Gasteiger partial charge >= 0.3 is 5.63 Å². The molecule has 0 amide bonds. The number of thiophene rings is 1. The van der Waals surface area contributed by atoms with Crippen LogP contribution in [0.2, 0.25) is 0 Å². The number of benzene rings is 1. The molecule has 3 heterocycles. The molecular weight excluding hydrogens is 346 g/mol. The summed E-state index contributed by atoms with van der Waals surface area (Å²) in [5, 5.41) is 2.87. The van der Waals surface area contributed by atoms with Crippen LogP contribution in [0.3, 0.4) is 0 Å². The monoisotopic (exact) mass is 363 g/mol. The zero-order chi connectivity index (χ0) is 18.3. The van der Waals surface area contributed by atoms with Crippen molar-refractivity contribution in [2.24, 2.45) is 0 Å². The Morgan fingerprint density at radius 3 is 2.69 bits per heavy atom. The van der Waals surface area contributed by atoms with Gasteiger partial charge in [0.2, 0.25) is 0 Å². The van der Waals surface area contributed by atoms with E-state index in [4.69, 9.17) is 4.42 Å². The van der Waals surface area contributed by atoms with E-state index in [0.717, 1.165) is 16.0 Å². The number of para-hydroxylation sites is 1. The van der Waals surface area contributed by atoms with E-state index >= 15 is 0 Å². The lowest BCUT2D eigenvalue weighted by Crippen LogP contribution is -2.09. The number of carbonyl (C=O) groups excluding carboxylic acids is 1. The van der Waals surface area contributed by atoms with Crippen LogP contribution in [0.4, 0.5) is 0 Å². The van der Waals surface area contributed by atoms with Crippen molar-refractivity contribution in [2.45, 2.75) is 20.4 Å². The highest BCUT2D eigenvalue weighted by molar-refractivity contribution is 7.09. The van der Waals surface area contributed by atoms with Gasteiger partial charge in [-0.2, -0.15) is 0 Å². The Bertz CT molecular complexity index is 1170. The molecule has 0 saturated heterocycles. The van der Waals surface area contributed by atoms with Crippen molar-refractivity contribution < 1.29 is 9.21 Å². The highest BCUT2D eigenvalue weighted by atomic mass is 32.1. The topological polar surface area (TPSA) is 52.2 Å². The van der Waals surface area contributed by atoms with E-state index in [-0.39, 0.29) is 5.78 Å². The Kier molecular flexibility index (Phi) is 4.09. The largest absolute Gasteiger partial charge is 0.422 e. The molecular formula is C21H17NO3S. The zero-order valence-electron chi connectivity index (χ0n) is 14.5. The Morgan fingerprint density at radius 1 is 1.15 bits per heavy atom. The molecule has 0 fully saturated rings. The minimum absolute atomic E-state index is 0.0149. The first kappa shape index (κ1) is 16.5. The van der Waals surface area contributed by atoms with Gasteiger partial charge in [0.05, 0.1) is 17.8 Å². The first-order valence-electron chi connectivity index (χ1n) is 8.31. The average molecular weight is 363 g/mol. The van der Waals surface area contributed by atoms with Crippen LogP contribution in [0.1, 0.15) is 27.9 Å². The van der Waals surface area contributed by atoms with Gasteiger partial charge < -0.3 is 8.98 Å². The second-order valence-electron chi connectivity index (χ2n) is 6.24. The fourth-order valence-electron chi connectivity index (χ4n) is 3.23. The third kappa shape index (κ3) is 2.80. The summed E-state index contributed by atoms with van der Waals surface area (Å²) < 4.78 is 7.51. The fourth-order valence-corrected chi connectivity index (χ4v) is 3.92. The summed E-state index contributed by atoms with van der Waals surface area (Å²) >= 11 is 1.65. The number of ketones is 1. The van der Waals surface area contributed by atoms with Gasteiger partial charge in [-0.15, -0.1) is 11.3 Å². The molecule has 0 N–H and O–H groups in total. The zero-order valence-corrected chi connectivity index (χ0v) is 15.3. The highest BCUT2D eigenvalue weighted by Gasteiger charge is 2.19. The van der Waals surface area contributed by atoms with Crippen LogP contribution in [0.25, 0.3) is 22.2 Å². The third-order valence-corrected chi connectivity index (χ3v) is 5.42. The SMILES string of the molecule is CC(=O)c1cc(-c2cc3ccccc3oc2=O)n(Cc2cccs2)c1C. The van der Waals surface area contributed by atoms with E-state index in [2.05, 4.69) is 0 Å². The van der Waals surface area contributed by atoms with Crippen molar-refractivity contribution >= 4 is 28.1 Å². The predicted molar refractivity (Wildman–Crippen MR) is 104 cm³/mol. The lowest BCUT2D eigenvalue weighted by atomic mass is 10.1. The highest BCUT2D eigenvalue weighted by Crippen LogP contribution is 2.28. The summed E-state index contributed by atoms with van der Waals surface area (Å²) in [7, 11) is 0. The van der Waals surface area contributed by atoms with E-state index in [0.29, 0.717) is 28.9 Å². The van der Waals surface area contributed by atoms with Crippen LogP contribution < -0.4 is 5.63 Å². The van der Waals surface area contributed by atoms with Gasteiger partial charge in [0.1, 0.15) is 5.58 Å². The molecule has 0 radical (unpaired) electrons. The maximum atomic E-state index is 12.6. The van der Waals surface area contributed by atoms with Crippen molar-refractivity contribution in [2.75, 3.05) is 0 Å². The number of fused-ring (bicyclic) bond motifs is 1. The quantitative estimate of drug-likeness (QED) is 0.383. The maximum absolute atomic E-state index is 12.6. The van der Waals surface area contributed by atoms with Crippen molar-refractivity contribution in [1.82, 2.24) is 4.57 Å². The summed E-state index contributed by atoms with van der Waals surface area (Å²) in [4.78, 5) is 25.8. The van der Waals surface area contributed by atoms with Gasteiger partial charge in [-0.1, -0.05) is 24.3 Å². The van der Waals surface area contributed by atoms with Gasteiger partial charge in [-0.05, 0) is 43.5 Å². The Labute approximate surface area is 154 Å². The number of nitrogens with zero attached hydrogens (tertiary/aromatic N) is 1. The molecule has 5 heteroatoms. The average Bonchev–Trinajstić information content (AvgIpc) is 3.24. The lowest BCUT2D eigenvalue weighted by molar-refractivity contribution is 0.101. The number of carbonyl (C=O) groups is 1. The van der Waals surface area contributed by atoms with Crippen LogP contribution >= 0.6 is 11.3 Å². The molecule has 0 saturated carbocycles. The first-order chi connectivity index (χ1) is 12.5. The predicted octanol–water partition coefficient (Wildman–Crippen LogP) is 4.88. The fraction of sp³-hybridized carbons (Fsp3) is 0.143. The molecule has 130 valence electrons. The number of aromatic nitrogens is 1. The van der Waals surface area contributed by atoms with Crippen LogP contribution in [-0.2, 0) is 6.54 Å². The molecule has 0 aliphatic carbocycles. The molecule has 26 heavy (non-hydrogen) atoms. The van der Waals surface area contributed by atoms with Crippen molar-refractivity contribution in [1.29, 1.82) is 0 Å². The Balaban J connectivity index is 1.96.